The Kier molecular flexibility index (Phi) is 5.24. The Labute approximate surface area is 150 Å². The lowest BCUT2D eigenvalue weighted by molar-refractivity contribution is 0.103. The van der Waals surface area contributed by atoms with Crippen molar-refractivity contribution in [1.29, 1.82) is 0 Å². The molecule has 0 saturated heterocycles. The van der Waals surface area contributed by atoms with E-state index in [0.29, 0.717) is 11.3 Å². The van der Waals surface area contributed by atoms with E-state index < -0.39 is 0 Å². The standard InChI is InChI=1S/C20H15ClO2S/c21-18-12-6-11-17(20(18)23)19(22)16-10-5-4-7-14(16)13-24-15-8-2-1-3-9-15/h1-12,23H,13H2. The average Bonchev–Trinajstić information content (AvgIpc) is 2.63. The first-order chi connectivity index (χ1) is 11.7. The van der Waals surface area contributed by atoms with Gasteiger partial charge in [-0.05, 0) is 29.8 Å². The summed E-state index contributed by atoms with van der Waals surface area (Å²) >= 11 is 7.59. The van der Waals surface area contributed by atoms with E-state index in [9.17, 15) is 9.90 Å². The SMILES string of the molecule is O=C(c1ccccc1CSc1ccccc1)c1cccc(Cl)c1O. The van der Waals surface area contributed by atoms with Crippen LogP contribution in [0.4, 0.5) is 0 Å². The van der Waals surface area contributed by atoms with E-state index in [4.69, 9.17) is 11.6 Å². The Morgan fingerprint density at radius 3 is 2.33 bits per heavy atom. The summed E-state index contributed by atoms with van der Waals surface area (Å²) in [5, 5.41) is 10.2. The summed E-state index contributed by atoms with van der Waals surface area (Å²) in [7, 11) is 0. The molecule has 0 saturated carbocycles. The van der Waals surface area contributed by atoms with E-state index in [-0.39, 0.29) is 22.1 Å². The van der Waals surface area contributed by atoms with Crippen molar-refractivity contribution in [1.82, 2.24) is 0 Å². The van der Waals surface area contributed by atoms with E-state index in [1.165, 1.54) is 0 Å². The van der Waals surface area contributed by atoms with Gasteiger partial charge in [-0.2, -0.15) is 0 Å². The second-order valence-corrected chi connectivity index (χ2v) is 6.68. The highest BCUT2D eigenvalue weighted by molar-refractivity contribution is 7.98. The number of carbonyl (C=O) groups excluding carboxylic acids is 1. The van der Waals surface area contributed by atoms with Gasteiger partial charge in [-0.1, -0.05) is 60.1 Å². The summed E-state index contributed by atoms with van der Waals surface area (Å²) < 4.78 is 0. The monoisotopic (exact) mass is 354 g/mol. The first-order valence-electron chi connectivity index (χ1n) is 7.45. The summed E-state index contributed by atoms with van der Waals surface area (Å²) in [6.07, 6.45) is 0. The fourth-order valence-corrected chi connectivity index (χ4v) is 3.49. The second-order valence-electron chi connectivity index (χ2n) is 5.22. The van der Waals surface area contributed by atoms with Crippen LogP contribution in [-0.4, -0.2) is 10.9 Å². The van der Waals surface area contributed by atoms with Gasteiger partial charge in [0.25, 0.3) is 0 Å². The molecule has 4 heteroatoms. The molecule has 0 bridgehead atoms. The number of hydrogen-bond acceptors (Lipinski definition) is 3. The minimum atomic E-state index is -0.223. The Hall–Kier alpha value is -2.23. The van der Waals surface area contributed by atoms with Gasteiger partial charge in [0.05, 0.1) is 10.6 Å². The van der Waals surface area contributed by atoms with Crippen LogP contribution in [-0.2, 0) is 5.75 Å². The van der Waals surface area contributed by atoms with Crippen LogP contribution in [0.15, 0.2) is 77.7 Å². The quantitative estimate of drug-likeness (QED) is 0.480. The third-order valence-corrected chi connectivity index (χ3v) is 5.00. The summed E-state index contributed by atoms with van der Waals surface area (Å²) in [6, 6.07) is 22.3. The van der Waals surface area contributed by atoms with Crippen molar-refractivity contribution < 1.29 is 9.90 Å². The number of phenolic OH excluding ortho intramolecular Hbond substituents is 1. The third-order valence-electron chi connectivity index (χ3n) is 3.63. The highest BCUT2D eigenvalue weighted by Gasteiger charge is 2.18. The molecule has 0 unspecified atom stereocenters. The van der Waals surface area contributed by atoms with Crippen LogP contribution >= 0.6 is 23.4 Å². The number of carbonyl (C=O) groups is 1. The number of benzene rings is 3. The van der Waals surface area contributed by atoms with Crippen LogP contribution in [0, 0.1) is 0 Å². The smallest absolute Gasteiger partial charge is 0.197 e. The van der Waals surface area contributed by atoms with Crippen molar-refractivity contribution in [2.45, 2.75) is 10.6 Å². The molecule has 0 spiro atoms. The lowest BCUT2D eigenvalue weighted by Gasteiger charge is -2.10. The number of aromatic hydroxyl groups is 1. The van der Waals surface area contributed by atoms with E-state index in [1.54, 1.807) is 36.0 Å². The highest BCUT2D eigenvalue weighted by Crippen LogP contribution is 2.31. The normalized spacial score (nSPS) is 10.5. The Morgan fingerprint density at radius 1 is 0.875 bits per heavy atom. The number of thioether (sulfide) groups is 1. The van der Waals surface area contributed by atoms with Gasteiger partial charge in [-0.15, -0.1) is 11.8 Å². The highest BCUT2D eigenvalue weighted by atomic mass is 35.5. The molecular weight excluding hydrogens is 340 g/mol. The molecule has 0 aliphatic rings. The van der Waals surface area contributed by atoms with E-state index in [2.05, 4.69) is 0 Å². The van der Waals surface area contributed by atoms with E-state index in [0.717, 1.165) is 10.5 Å². The Bertz CT molecular complexity index is 863. The van der Waals surface area contributed by atoms with Gasteiger partial charge in [-0.25, -0.2) is 0 Å². The fourth-order valence-electron chi connectivity index (χ4n) is 2.39. The number of hydrogen-bond donors (Lipinski definition) is 1. The maximum Gasteiger partial charge on any atom is 0.197 e. The molecule has 0 aromatic heterocycles. The first kappa shape index (κ1) is 16.6. The van der Waals surface area contributed by atoms with Gasteiger partial charge in [0.15, 0.2) is 5.78 Å². The maximum atomic E-state index is 12.8. The van der Waals surface area contributed by atoms with Gasteiger partial charge >= 0.3 is 0 Å². The van der Waals surface area contributed by atoms with Gasteiger partial charge in [-0.3, -0.25) is 4.79 Å². The number of para-hydroxylation sites is 1. The van der Waals surface area contributed by atoms with Crippen LogP contribution in [0.2, 0.25) is 5.02 Å². The van der Waals surface area contributed by atoms with Gasteiger partial charge < -0.3 is 5.11 Å². The third kappa shape index (κ3) is 3.64. The molecule has 0 heterocycles. The zero-order valence-electron chi connectivity index (χ0n) is 12.8. The van der Waals surface area contributed by atoms with E-state index in [1.807, 2.05) is 48.5 Å². The van der Waals surface area contributed by atoms with Gasteiger partial charge in [0.2, 0.25) is 0 Å². The lowest BCUT2D eigenvalue weighted by Crippen LogP contribution is -2.05. The van der Waals surface area contributed by atoms with Crippen molar-refractivity contribution in [3.8, 4) is 5.75 Å². The molecule has 3 aromatic rings. The van der Waals surface area contributed by atoms with Crippen molar-refractivity contribution in [3.63, 3.8) is 0 Å². The van der Waals surface area contributed by atoms with Crippen molar-refractivity contribution >= 4 is 29.1 Å². The second kappa shape index (κ2) is 7.56. The molecule has 0 aliphatic heterocycles. The minimum Gasteiger partial charge on any atom is -0.506 e. The van der Waals surface area contributed by atoms with Crippen molar-refractivity contribution in [2.75, 3.05) is 0 Å². The number of ketones is 1. The van der Waals surface area contributed by atoms with Crippen molar-refractivity contribution in [2.24, 2.45) is 0 Å². The predicted molar refractivity (Wildman–Crippen MR) is 99.0 cm³/mol. The molecular formula is C20H15ClO2S. The molecule has 120 valence electrons. The molecule has 24 heavy (non-hydrogen) atoms. The Morgan fingerprint density at radius 2 is 1.54 bits per heavy atom. The predicted octanol–water partition coefficient (Wildman–Crippen LogP) is 5.57. The molecule has 0 aliphatic carbocycles. The maximum absolute atomic E-state index is 12.8. The number of rotatable bonds is 5. The molecule has 3 aromatic carbocycles. The minimum absolute atomic E-state index is 0.172. The zero-order valence-corrected chi connectivity index (χ0v) is 14.3. The van der Waals surface area contributed by atoms with Crippen LogP contribution in [0.1, 0.15) is 21.5 Å². The van der Waals surface area contributed by atoms with Gasteiger partial charge in [0.1, 0.15) is 5.75 Å². The lowest BCUT2D eigenvalue weighted by atomic mass is 9.98. The topological polar surface area (TPSA) is 37.3 Å². The average molecular weight is 355 g/mol. The van der Waals surface area contributed by atoms with Crippen LogP contribution < -0.4 is 0 Å². The first-order valence-corrected chi connectivity index (χ1v) is 8.81. The fraction of sp³-hybridized carbons (Fsp3) is 0.0500. The molecule has 0 amide bonds. The van der Waals surface area contributed by atoms with Crippen molar-refractivity contribution in [3.05, 3.63) is 94.5 Å². The largest absolute Gasteiger partial charge is 0.506 e. The van der Waals surface area contributed by atoms with Crippen LogP contribution in [0.5, 0.6) is 5.75 Å². The molecule has 0 atom stereocenters. The summed E-state index contributed by atoms with van der Waals surface area (Å²) in [4.78, 5) is 14.0. The molecule has 3 rings (SSSR count). The van der Waals surface area contributed by atoms with Crippen LogP contribution in [0.3, 0.4) is 0 Å². The Balaban J connectivity index is 1.88. The van der Waals surface area contributed by atoms with Gasteiger partial charge in [0, 0.05) is 16.2 Å². The summed E-state index contributed by atoms with van der Waals surface area (Å²) in [6.45, 7) is 0. The van der Waals surface area contributed by atoms with Crippen LogP contribution in [0.25, 0.3) is 0 Å². The molecule has 0 radical (unpaired) electrons. The number of halogens is 1. The zero-order chi connectivity index (χ0) is 16.9. The molecule has 2 nitrogen and oxygen atoms in total. The number of phenols is 1. The van der Waals surface area contributed by atoms with E-state index >= 15 is 0 Å². The summed E-state index contributed by atoms with van der Waals surface area (Å²) in [5.74, 6) is 0.279. The molecule has 0 fully saturated rings. The molecule has 1 N–H and O–H groups in total. The summed E-state index contributed by atoms with van der Waals surface area (Å²) in [5.41, 5.74) is 1.73.